The summed E-state index contributed by atoms with van der Waals surface area (Å²) < 4.78 is 10.7. The Hall–Kier alpha value is -1.75. The molecule has 1 amide bonds. The van der Waals surface area contributed by atoms with Crippen LogP contribution in [-0.4, -0.2) is 55.6 Å². The fraction of sp³-hybridized carbons (Fsp3) is 0.667. The number of hydrogen-bond acceptors (Lipinski definition) is 4. The number of amides is 1. The van der Waals surface area contributed by atoms with Gasteiger partial charge in [0.25, 0.3) is 0 Å². The molecule has 0 N–H and O–H groups in total. The largest absolute Gasteiger partial charge is 0.493 e. The summed E-state index contributed by atoms with van der Waals surface area (Å²) in [5.74, 6) is 1.70. The van der Waals surface area contributed by atoms with Gasteiger partial charge in [-0.1, -0.05) is 32.3 Å². The van der Waals surface area contributed by atoms with E-state index in [0.717, 1.165) is 49.5 Å². The van der Waals surface area contributed by atoms with Crippen LogP contribution in [0.1, 0.15) is 51.5 Å². The summed E-state index contributed by atoms with van der Waals surface area (Å²) in [6.45, 7) is 7.03. The van der Waals surface area contributed by atoms with E-state index in [1.807, 2.05) is 18.2 Å². The van der Waals surface area contributed by atoms with Gasteiger partial charge < -0.3 is 14.4 Å². The van der Waals surface area contributed by atoms with Gasteiger partial charge in [-0.3, -0.25) is 9.69 Å². The minimum Gasteiger partial charge on any atom is -0.493 e. The Morgan fingerprint density at radius 3 is 2.31 bits per heavy atom. The molecule has 5 heteroatoms. The first-order valence-corrected chi connectivity index (χ1v) is 9.85. The lowest BCUT2D eigenvalue weighted by Crippen LogP contribution is -2.46. The fourth-order valence-electron chi connectivity index (χ4n) is 3.83. The Morgan fingerprint density at radius 1 is 1.04 bits per heavy atom. The molecular weight excluding hydrogens is 328 g/mol. The van der Waals surface area contributed by atoms with E-state index in [4.69, 9.17) is 9.47 Å². The normalized spacial score (nSPS) is 15.1. The standard InChI is InChI=1S/C21H34N2O3/c1-5-22(15-17-12-13-19(25-3)20(14-17)26-4)16-21(24)23(6-2)18-10-8-7-9-11-18/h12-14,18H,5-11,15-16H2,1-4H3. The van der Waals surface area contributed by atoms with Crippen LogP contribution in [0, 0.1) is 0 Å². The zero-order chi connectivity index (χ0) is 18.9. The molecule has 1 aliphatic rings. The van der Waals surface area contributed by atoms with E-state index in [-0.39, 0.29) is 5.91 Å². The molecule has 0 bridgehead atoms. The summed E-state index contributed by atoms with van der Waals surface area (Å²) in [5, 5.41) is 0. The second-order valence-corrected chi connectivity index (χ2v) is 6.96. The SMILES string of the molecule is CCN(CC(=O)N(CC)C1CCCCC1)Cc1ccc(OC)c(OC)c1. The maximum atomic E-state index is 12.9. The summed E-state index contributed by atoms with van der Waals surface area (Å²) >= 11 is 0. The number of carbonyl (C=O) groups excluding carboxylic acids is 1. The van der Waals surface area contributed by atoms with Crippen LogP contribution in [0.2, 0.25) is 0 Å². The molecule has 1 aromatic rings. The third-order valence-electron chi connectivity index (χ3n) is 5.34. The van der Waals surface area contributed by atoms with Gasteiger partial charge in [0.2, 0.25) is 5.91 Å². The van der Waals surface area contributed by atoms with Crippen molar-refractivity contribution < 1.29 is 14.3 Å². The maximum absolute atomic E-state index is 12.9. The average Bonchev–Trinajstić information content (AvgIpc) is 2.68. The van der Waals surface area contributed by atoms with Crippen molar-refractivity contribution in [2.45, 2.75) is 58.5 Å². The van der Waals surface area contributed by atoms with Crippen LogP contribution in [0.5, 0.6) is 11.5 Å². The zero-order valence-electron chi connectivity index (χ0n) is 16.8. The Morgan fingerprint density at radius 2 is 1.73 bits per heavy atom. The Bertz CT molecular complexity index is 570. The molecule has 1 aliphatic carbocycles. The highest BCUT2D eigenvalue weighted by Crippen LogP contribution is 2.28. The molecule has 0 heterocycles. The van der Waals surface area contributed by atoms with Crippen LogP contribution in [0.4, 0.5) is 0 Å². The van der Waals surface area contributed by atoms with E-state index in [1.165, 1.54) is 19.3 Å². The molecular formula is C21H34N2O3. The van der Waals surface area contributed by atoms with Gasteiger partial charge in [-0.05, 0) is 44.0 Å². The molecule has 0 unspecified atom stereocenters. The van der Waals surface area contributed by atoms with Crippen molar-refractivity contribution in [3.05, 3.63) is 23.8 Å². The van der Waals surface area contributed by atoms with Gasteiger partial charge in [-0.15, -0.1) is 0 Å². The van der Waals surface area contributed by atoms with Gasteiger partial charge in [0, 0.05) is 19.1 Å². The van der Waals surface area contributed by atoms with Gasteiger partial charge in [-0.2, -0.15) is 0 Å². The fourth-order valence-corrected chi connectivity index (χ4v) is 3.83. The molecule has 0 radical (unpaired) electrons. The molecule has 1 saturated carbocycles. The smallest absolute Gasteiger partial charge is 0.236 e. The Labute approximate surface area is 158 Å². The summed E-state index contributed by atoms with van der Waals surface area (Å²) in [7, 11) is 3.28. The highest BCUT2D eigenvalue weighted by atomic mass is 16.5. The number of nitrogens with zero attached hydrogens (tertiary/aromatic N) is 2. The molecule has 0 atom stereocenters. The van der Waals surface area contributed by atoms with Gasteiger partial charge in [-0.25, -0.2) is 0 Å². The molecule has 1 fully saturated rings. The minimum atomic E-state index is 0.252. The van der Waals surface area contributed by atoms with Crippen molar-refractivity contribution in [1.29, 1.82) is 0 Å². The molecule has 26 heavy (non-hydrogen) atoms. The van der Waals surface area contributed by atoms with E-state index in [0.29, 0.717) is 12.6 Å². The second kappa shape index (κ2) is 10.4. The number of rotatable bonds is 9. The molecule has 1 aromatic carbocycles. The van der Waals surface area contributed by atoms with E-state index in [1.54, 1.807) is 14.2 Å². The number of hydrogen-bond donors (Lipinski definition) is 0. The highest BCUT2D eigenvalue weighted by Gasteiger charge is 2.25. The summed E-state index contributed by atoms with van der Waals surface area (Å²) in [4.78, 5) is 17.2. The average molecular weight is 363 g/mol. The van der Waals surface area contributed by atoms with Crippen LogP contribution in [0.3, 0.4) is 0 Å². The number of methoxy groups -OCH3 is 2. The Kier molecular flexibility index (Phi) is 8.23. The van der Waals surface area contributed by atoms with E-state index in [2.05, 4.69) is 23.6 Å². The van der Waals surface area contributed by atoms with E-state index in [9.17, 15) is 4.79 Å². The lowest BCUT2D eigenvalue weighted by Gasteiger charge is -2.35. The predicted molar refractivity (Wildman–Crippen MR) is 105 cm³/mol. The summed E-state index contributed by atoms with van der Waals surface area (Å²) in [6.07, 6.45) is 6.11. The second-order valence-electron chi connectivity index (χ2n) is 6.96. The van der Waals surface area contributed by atoms with Crippen molar-refractivity contribution in [2.24, 2.45) is 0 Å². The van der Waals surface area contributed by atoms with Crippen LogP contribution in [0.15, 0.2) is 18.2 Å². The van der Waals surface area contributed by atoms with Crippen molar-refractivity contribution >= 4 is 5.91 Å². The monoisotopic (exact) mass is 362 g/mol. The minimum absolute atomic E-state index is 0.252. The zero-order valence-corrected chi connectivity index (χ0v) is 16.8. The van der Waals surface area contributed by atoms with Crippen LogP contribution in [0.25, 0.3) is 0 Å². The first-order valence-electron chi connectivity index (χ1n) is 9.85. The first kappa shape index (κ1) is 20.6. The third kappa shape index (κ3) is 5.37. The quantitative estimate of drug-likeness (QED) is 0.672. The number of likely N-dealkylation sites (N-methyl/N-ethyl adjacent to an activating group) is 2. The number of ether oxygens (including phenoxy) is 2. The summed E-state index contributed by atoms with van der Waals surface area (Å²) in [6, 6.07) is 6.38. The van der Waals surface area contributed by atoms with E-state index >= 15 is 0 Å². The molecule has 146 valence electrons. The van der Waals surface area contributed by atoms with Gasteiger partial charge in [0.05, 0.1) is 20.8 Å². The van der Waals surface area contributed by atoms with Crippen molar-refractivity contribution in [2.75, 3.05) is 33.9 Å². The molecule has 2 rings (SSSR count). The lowest BCUT2D eigenvalue weighted by molar-refractivity contribution is -0.135. The molecule has 0 aliphatic heterocycles. The van der Waals surface area contributed by atoms with Gasteiger partial charge in [0.1, 0.15) is 0 Å². The van der Waals surface area contributed by atoms with Gasteiger partial charge in [0.15, 0.2) is 11.5 Å². The van der Waals surface area contributed by atoms with Crippen molar-refractivity contribution in [3.63, 3.8) is 0 Å². The van der Waals surface area contributed by atoms with E-state index < -0.39 is 0 Å². The van der Waals surface area contributed by atoms with Gasteiger partial charge >= 0.3 is 0 Å². The van der Waals surface area contributed by atoms with Crippen LogP contribution in [-0.2, 0) is 11.3 Å². The van der Waals surface area contributed by atoms with Crippen LogP contribution >= 0.6 is 0 Å². The molecule has 0 saturated heterocycles. The maximum Gasteiger partial charge on any atom is 0.236 e. The molecule has 0 spiro atoms. The molecule has 0 aromatic heterocycles. The van der Waals surface area contributed by atoms with Crippen LogP contribution < -0.4 is 9.47 Å². The number of benzene rings is 1. The van der Waals surface area contributed by atoms with Crippen molar-refractivity contribution in [3.8, 4) is 11.5 Å². The first-order chi connectivity index (χ1) is 12.6. The highest BCUT2D eigenvalue weighted by molar-refractivity contribution is 5.78. The topological polar surface area (TPSA) is 42.0 Å². The predicted octanol–water partition coefficient (Wildman–Crippen LogP) is 3.71. The Balaban J connectivity index is 2.00. The van der Waals surface area contributed by atoms with Crippen molar-refractivity contribution in [1.82, 2.24) is 9.80 Å². The lowest BCUT2D eigenvalue weighted by atomic mass is 9.94. The molecule has 5 nitrogen and oxygen atoms in total. The summed E-state index contributed by atoms with van der Waals surface area (Å²) in [5.41, 5.74) is 1.12. The third-order valence-corrected chi connectivity index (χ3v) is 5.34. The number of carbonyl (C=O) groups is 1.